The molecule has 0 aromatic heterocycles. The normalized spacial score (nSPS) is 28.7. The molecule has 2 rings (SSSR count). The molecule has 20 heavy (non-hydrogen) atoms. The van der Waals surface area contributed by atoms with Crippen LogP contribution in [0, 0.1) is 0 Å². The second-order valence-corrected chi connectivity index (χ2v) is 6.04. The maximum atomic E-state index is 12.1. The number of rotatable bonds is 6. The minimum atomic E-state index is -0.276. The molecule has 2 fully saturated rings. The SMILES string of the molecule is CCCCN1CCC(NC(=O)C2CCC(CN)O2)CC1. The predicted molar refractivity (Wildman–Crippen MR) is 79.5 cm³/mol. The highest BCUT2D eigenvalue weighted by Crippen LogP contribution is 2.20. The third-order valence-electron chi connectivity index (χ3n) is 4.42. The molecule has 2 heterocycles. The minimum absolute atomic E-state index is 0.0629. The average molecular weight is 283 g/mol. The van der Waals surface area contributed by atoms with E-state index in [2.05, 4.69) is 17.1 Å². The molecule has 0 aromatic rings. The van der Waals surface area contributed by atoms with Crippen LogP contribution in [0.25, 0.3) is 0 Å². The van der Waals surface area contributed by atoms with Crippen molar-refractivity contribution in [2.24, 2.45) is 5.73 Å². The summed E-state index contributed by atoms with van der Waals surface area (Å²) in [7, 11) is 0. The van der Waals surface area contributed by atoms with E-state index in [0.717, 1.165) is 38.8 Å². The molecule has 5 heteroatoms. The van der Waals surface area contributed by atoms with Crippen molar-refractivity contribution in [3.8, 4) is 0 Å². The van der Waals surface area contributed by atoms with Crippen LogP contribution in [0.5, 0.6) is 0 Å². The summed E-state index contributed by atoms with van der Waals surface area (Å²) in [6, 6.07) is 0.320. The summed E-state index contributed by atoms with van der Waals surface area (Å²) < 4.78 is 5.64. The molecule has 0 spiro atoms. The number of hydrogen-bond donors (Lipinski definition) is 2. The summed E-state index contributed by atoms with van der Waals surface area (Å²) in [5, 5.41) is 3.15. The molecule has 0 aromatic carbocycles. The van der Waals surface area contributed by atoms with Gasteiger partial charge in [0.2, 0.25) is 5.91 Å². The van der Waals surface area contributed by atoms with Crippen molar-refractivity contribution in [1.29, 1.82) is 0 Å². The van der Waals surface area contributed by atoms with Gasteiger partial charge in [0, 0.05) is 25.7 Å². The first-order valence-electron chi connectivity index (χ1n) is 8.11. The van der Waals surface area contributed by atoms with E-state index in [0.29, 0.717) is 12.6 Å². The molecule has 2 saturated heterocycles. The molecule has 5 nitrogen and oxygen atoms in total. The molecule has 2 aliphatic rings. The second kappa shape index (κ2) is 7.96. The number of piperidine rings is 1. The number of carbonyl (C=O) groups is 1. The maximum Gasteiger partial charge on any atom is 0.249 e. The number of nitrogens with two attached hydrogens (primary N) is 1. The molecule has 1 amide bonds. The van der Waals surface area contributed by atoms with Crippen molar-refractivity contribution < 1.29 is 9.53 Å². The third-order valence-corrected chi connectivity index (χ3v) is 4.42. The molecule has 0 bridgehead atoms. The number of likely N-dealkylation sites (tertiary alicyclic amines) is 1. The van der Waals surface area contributed by atoms with E-state index in [1.165, 1.54) is 19.4 Å². The number of ether oxygens (including phenoxy) is 1. The number of nitrogens with zero attached hydrogens (tertiary/aromatic N) is 1. The summed E-state index contributed by atoms with van der Waals surface area (Å²) in [5.41, 5.74) is 5.57. The van der Waals surface area contributed by atoms with Gasteiger partial charge in [-0.1, -0.05) is 13.3 Å². The van der Waals surface area contributed by atoms with Gasteiger partial charge in [-0.25, -0.2) is 0 Å². The highest BCUT2D eigenvalue weighted by atomic mass is 16.5. The Balaban J connectivity index is 1.66. The topological polar surface area (TPSA) is 67.6 Å². The van der Waals surface area contributed by atoms with Crippen LogP contribution < -0.4 is 11.1 Å². The van der Waals surface area contributed by atoms with Gasteiger partial charge in [0.05, 0.1) is 6.10 Å². The van der Waals surface area contributed by atoms with Crippen LogP contribution in [0.4, 0.5) is 0 Å². The average Bonchev–Trinajstić information content (AvgIpc) is 2.95. The van der Waals surface area contributed by atoms with Gasteiger partial charge in [-0.05, 0) is 38.6 Å². The zero-order valence-electron chi connectivity index (χ0n) is 12.6. The summed E-state index contributed by atoms with van der Waals surface area (Å²) in [6.45, 7) is 6.13. The molecule has 0 saturated carbocycles. The Morgan fingerprint density at radius 3 is 2.65 bits per heavy atom. The smallest absolute Gasteiger partial charge is 0.249 e. The number of carbonyl (C=O) groups excluding carboxylic acids is 1. The first-order chi connectivity index (χ1) is 9.72. The zero-order chi connectivity index (χ0) is 14.4. The molecule has 2 unspecified atom stereocenters. The van der Waals surface area contributed by atoms with Crippen molar-refractivity contribution in [1.82, 2.24) is 10.2 Å². The Kier molecular flexibility index (Phi) is 6.26. The number of nitrogens with one attached hydrogen (secondary N) is 1. The molecular formula is C15H29N3O2. The van der Waals surface area contributed by atoms with E-state index in [1.54, 1.807) is 0 Å². The van der Waals surface area contributed by atoms with Crippen LogP contribution in [-0.4, -0.2) is 55.2 Å². The fourth-order valence-corrected chi connectivity index (χ4v) is 3.05. The van der Waals surface area contributed by atoms with E-state index in [9.17, 15) is 4.79 Å². The van der Waals surface area contributed by atoms with Crippen molar-refractivity contribution in [2.75, 3.05) is 26.2 Å². The zero-order valence-corrected chi connectivity index (χ0v) is 12.6. The Hall–Kier alpha value is -0.650. The lowest BCUT2D eigenvalue weighted by Crippen LogP contribution is -2.47. The van der Waals surface area contributed by atoms with Gasteiger partial charge in [0.25, 0.3) is 0 Å². The summed E-state index contributed by atoms with van der Waals surface area (Å²) in [4.78, 5) is 14.6. The predicted octanol–water partition coefficient (Wildman–Crippen LogP) is 0.873. The largest absolute Gasteiger partial charge is 0.364 e. The lowest BCUT2D eigenvalue weighted by molar-refractivity contribution is -0.132. The first kappa shape index (κ1) is 15.7. The molecule has 116 valence electrons. The summed E-state index contributed by atoms with van der Waals surface area (Å²) in [5.74, 6) is 0.0629. The lowest BCUT2D eigenvalue weighted by Gasteiger charge is -2.32. The van der Waals surface area contributed by atoms with E-state index in [1.807, 2.05) is 0 Å². The lowest BCUT2D eigenvalue weighted by atomic mass is 10.0. The Bertz CT molecular complexity index is 303. The maximum absolute atomic E-state index is 12.1. The third kappa shape index (κ3) is 4.43. The van der Waals surface area contributed by atoms with Crippen molar-refractivity contribution >= 4 is 5.91 Å². The standard InChI is InChI=1S/C15H29N3O2/c1-2-3-8-18-9-6-12(7-10-18)17-15(19)14-5-4-13(11-16)20-14/h12-14H,2-11,16H2,1H3,(H,17,19). The Morgan fingerprint density at radius 1 is 1.30 bits per heavy atom. The molecule has 0 aliphatic carbocycles. The second-order valence-electron chi connectivity index (χ2n) is 6.04. The number of unbranched alkanes of at least 4 members (excludes halogenated alkanes) is 1. The summed E-state index contributed by atoms with van der Waals surface area (Å²) in [6.07, 6.45) is 6.15. The van der Waals surface area contributed by atoms with Gasteiger partial charge in [-0.15, -0.1) is 0 Å². The monoisotopic (exact) mass is 283 g/mol. The summed E-state index contributed by atoms with van der Waals surface area (Å²) >= 11 is 0. The van der Waals surface area contributed by atoms with E-state index >= 15 is 0 Å². The van der Waals surface area contributed by atoms with Crippen LogP contribution in [0.3, 0.4) is 0 Å². The van der Waals surface area contributed by atoms with Gasteiger partial charge < -0.3 is 20.7 Å². The van der Waals surface area contributed by atoms with Gasteiger partial charge in [-0.2, -0.15) is 0 Å². The van der Waals surface area contributed by atoms with Crippen molar-refractivity contribution in [2.45, 2.75) is 63.7 Å². The van der Waals surface area contributed by atoms with Crippen LogP contribution in [0.2, 0.25) is 0 Å². The number of amides is 1. The fraction of sp³-hybridized carbons (Fsp3) is 0.933. The van der Waals surface area contributed by atoms with E-state index in [-0.39, 0.29) is 18.1 Å². The van der Waals surface area contributed by atoms with Gasteiger partial charge >= 0.3 is 0 Å². The van der Waals surface area contributed by atoms with Crippen molar-refractivity contribution in [3.05, 3.63) is 0 Å². The molecular weight excluding hydrogens is 254 g/mol. The molecule has 2 aliphatic heterocycles. The molecule has 2 atom stereocenters. The van der Waals surface area contributed by atoms with E-state index in [4.69, 9.17) is 10.5 Å². The minimum Gasteiger partial charge on any atom is -0.364 e. The van der Waals surface area contributed by atoms with Crippen molar-refractivity contribution in [3.63, 3.8) is 0 Å². The van der Waals surface area contributed by atoms with Crippen LogP contribution >= 0.6 is 0 Å². The quantitative estimate of drug-likeness (QED) is 0.759. The van der Waals surface area contributed by atoms with Gasteiger partial charge in [0.15, 0.2) is 0 Å². The number of hydrogen-bond acceptors (Lipinski definition) is 4. The molecule has 3 N–H and O–H groups in total. The van der Waals surface area contributed by atoms with E-state index < -0.39 is 0 Å². The van der Waals surface area contributed by atoms with Crippen LogP contribution in [0.15, 0.2) is 0 Å². The van der Waals surface area contributed by atoms with Crippen LogP contribution in [-0.2, 0) is 9.53 Å². The first-order valence-corrected chi connectivity index (χ1v) is 8.11. The Labute approximate surface area is 122 Å². The van der Waals surface area contributed by atoms with Gasteiger partial charge in [0.1, 0.15) is 6.10 Å². The molecule has 0 radical (unpaired) electrons. The van der Waals surface area contributed by atoms with Crippen LogP contribution in [0.1, 0.15) is 45.4 Å². The Morgan fingerprint density at radius 2 is 2.05 bits per heavy atom. The fourth-order valence-electron chi connectivity index (χ4n) is 3.05. The highest BCUT2D eigenvalue weighted by Gasteiger charge is 2.31. The highest BCUT2D eigenvalue weighted by molar-refractivity contribution is 5.81. The van der Waals surface area contributed by atoms with Gasteiger partial charge in [-0.3, -0.25) is 4.79 Å².